The SMILES string of the molecule is CCCCC(C)=O.CCCCCCO.CCCCCCOCCCCCC.Oc1ccccc1.c1ccccc1. The fraction of sp³-hybridized carbons (Fsp3) is 0.639. The first-order valence-corrected chi connectivity index (χ1v) is 15.9. The van der Waals surface area contributed by atoms with Crippen LogP contribution in [0, 0.1) is 0 Å². The lowest BCUT2D eigenvalue weighted by molar-refractivity contribution is -0.117. The normalized spacial score (nSPS) is 9.35. The number of phenols is 1. The second kappa shape index (κ2) is 41.3. The number of benzene rings is 2. The molecule has 4 nitrogen and oxygen atoms in total. The van der Waals surface area contributed by atoms with E-state index in [1.807, 2.05) is 42.5 Å². The largest absolute Gasteiger partial charge is 0.508 e. The minimum atomic E-state index is 0.307. The Hall–Kier alpha value is -2.17. The fourth-order valence-electron chi connectivity index (χ4n) is 3.14. The number of hydrogen-bond donors (Lipinski definition) is 2. The summed E-state index contributed by atoms with van der Waals surface area (Å²) in [4.78, 5) is 10.2. The van der Waals surface area contributed by atoms with Gasteiger partial charge in [0, 0.05) is 26.2 Å². The van der Waals surface area contributed by atoms with Crippen molar-refractivity contribution in [1.82, 2.24) is 0 Å². The summed E-state index contributed by atoms with van der Waals surface area (Å²) in [5.74, 6) is 0.629. The summed E-state index contributed by atoms with van der Waals surface area (Å²) in [5, 5.41) is 16.9. The molecular formula is C36H64O4. The zero-order valence-electron chi connectivity index (χ0n) is 26.8. The number of carbonyl (C=O) groups excluding carboxylic acids is 1. The van der Waals surface area contributed by atoms with Gasteiger partial charge in [-0.05, 0) is 44.7 Å². The van der Waals surface area contributed by atoms with Crippen LogP contribution in [-0.2, 0) is 9.53 Å². The van der Waals surface area contributed by atoms with E-state index in [-0.39, 0.29) is 0 Å². The number of hydrogen-bond acceptors (Lipinski definition) is 4. The summed E-state index contributed by atoms with van der Waals surface area (Å²) in [6, 6.07) is 20.7. The third-order valence-electron chi connectivity index (χ3n) is 5.60. The Morgan fingerprint density at radius 1 is 0.575 bits per heavy atom. The molecule has 0 aliphatic carbocycles. The second-order valence-corrected chi connectivity index (χ2v) is 9.81. The molecule has 40 heavy (non-hydrogen) atoms. The Morgan fingerprint density at radius 2 is 0.950 bits per heavy atom. The van der Waals surface area contributed by atoms with Gasteiger partial charge in [-0.2, -0.15) is 0 Å². The van der Waals surface area contributed by atoms with Crippen LogP contribution in [0.5, 0.6) is 5.75 Å². The molecule has 0 saturated carbocycles. The topological polar surface area (TPSA) is 66.8 Å². The van der Waals surface area contributed by atoms with Crippen LogP contribution in [0.3, 0.4) is 0 Å². The number of ketones is 1. The summed E-state index contributed by atoms with van der Waals surface area (Å²) < 4.78 is 5.53. The highest BCUT2D eigenvalue weighted by molar-refractivity contribution is 5.75. The van der Waals surface area contributed by atoms with E-state index in [0.717, 1.165) is 38.9 Å². The number of para-hydroxylation sites is 1. The summed E-state index contributed by atoms with van der Waals surface area (Å²) in [6.45, 7) is 12.7. The van der Waals surface area contributed by atoms with E-state index in [1.165, 1.54) is 70.6 Å². The molecule has 0 aliphatic heterocycles. The van der Waals surface area contributed by atoms with E-state index < -0.39 is 0 Å². The molecule has 0 saturated heterocycles. The lowest BCUT2D eigenvalue weighted by atomic mass is 10.2. The highest BCUT2D eigenvalue weighted by Crippen LogP contribution is 2.03. The Labute approximate surface area is 248 Å². The fourth-order valence-corrected chi connectivity index (χ4v) is 3.14. The maximum absolute atomic E-state index is 10.2. The van der Waals surface area contributed by atoms with Gasteiger partial charge in [-0.25, -0.2) is 0 Å². The maximum Gasteiger partial charge on any atom is 0.129 e. The Balaban J connectivity index is -0.000000443. The van der Waals surface area contributed by atoms with Gasteiger partial charge in [-0.1, -0.05) is 147 Å². The lowest BCUT2D eigenvalue weighted by Crippen LogP contribution is -1.96. The van der Waals surface area contributed by atoms with Crippen LogP contribution in [-0.4, -0.2) is 35.8 Å². The van der Waals surface area contributed by atoms with Gasteiger partial charge in [0.2, 0.25) is 0 Å². The number of rotatable bonds is 17. The zero-order chi connectivity index (χ0) is 30.4. The molecular weight excluding hydrogens is 496 g/mol. The minimum absolute atomic E-state index is 0.307. The van der Waals surface area contributed by atoms with Crippen LogP contribution in [0.4, 0.5) is 0 Å². The molecule has 0 amide bonds. The molecule has 0 aliphatic rings. The van der Waals surface area contributed by atoms with E-state index in [9.17, 15) is 4.79 Å². The molecule has 0 aromatic heterocycles. The van der Waals surface area contributed by atoms with Crippen molar-refractivity contribution in [3.8, 4) is 5.75 Å². The van der Waals surface area contributed by atoms with E-state index in [4.69, 9.17) is 14.9 Å². The molecule has 232 valence electrons. The molecule has 0 bridgehead atoms. The van der Waals surface area contributed by atoms with Crippen LogP contribution in [0.2, 0.25) is 0 Å². The number of ether oxygens (including phenoxy) is 1. The van der Waals surface area contributed by atoms with Gasteiger partial charge in [0.05, 0.1) is 0 Å². The summed E-state index contributed by atoms with van der Waals surface area (Å²) in [6.07, 6.45) is 18.2. The second-order valence-electron chi connectivity index (χ2n) is 9.81. The number of aromatic hydroxyl groups is 1. The Bertz CT molecular complexity index is 620. The van der Waals surface area contributed by atoms with Gasteiger partial charge in [-0.15, -0.1) is 0 Å². The number of unbranched alkanes of at least 4 members (excludes halogenated alkanes) is 10. The molecule has 0 radical (unpaired) electrons. The van der Waals surface area contributed by atoms with E-state index in [2.05, 4.69) is 27.7 Å². The van der Waals surface area contributed by atoms with Crippen LogP contribution in [0.15, 0.2) is 66.7 Å². The number of carbonyl (C=O) groups is 1. The van der Waals surface area contributed by atoms with Gasteiger partial charge in [0.1, 0.15) is 11.5 Å². The third-order valence-corrected chi connectivity index (χ3v) is 5.60. The number of phenolic OH excluding ortho intramolecular Hbond substituents is 1. The van der Waals surface area contributed by atoms with Crippen molar-refractivity contribution in [1.29, 1.82) is 0 Å². The van der Waals surface area contributed by atoms with E-state index >= 15 is 0 Å². The van der Waals surface area contributed by atoms with Crippen molar-refractivity contribution in [3.05, 3.63) is 66.7 Å². The lowest BCUT2D eigenvalue weighted by Gasteiger charge is -2.03. The number of aliphatic hydroxyl groups excluding tert-OH is 1. The average molecular weight is 561 g/mol. The molecule has 2 aromatic rings. The van der Waals surface area contributed by atoms with Gasteiger partial charge in [0.15, 0.2) is 0 Å². The maximum atomic E-state index is 10.2. The first-order chi connectivity index (χ1) is 19.5. The van der Waals surface area contributed by atoms with Gasteiger partial charge in [-0.3, -0.25) is 0 Å². The van der Waals surface area contributed by atoms with Gasteiger partial charge >= 0.3 is 0 Å². The summed E-state index contributed by atoms with van der Waals surface area (Å²) in [7, 11) is 0. The smallest absolute Gasteiger partial charge is 0.129 e. The molecule has 2 rings (SSSR count). The molecule has 0 unspecified atom stereocenters. The Kier molecular flexibility index (Phi) is 43.7. The van der Waals surface area contributed by atoms with E-state index in [1.54, 1.807) is 31.2 Å². The predicted octanol–water partition coefficient (Wildman–Crippen LogP) is 10.6. The zero-order valence-corrected chi connectivity index (χ0v) is 26.8. The van der Waals surface area contributed by atoms with Crippen LogP contribution in [0.1, 0.15) is 131 Å². The van der Waals surface area contributed by atoms with Crippen molar-refractivity contribution in [2.24, 2.45) is 0 Å². The Morgan fingerprint density at radius 3 is 1.23 bits per heavy atom. The van der Waals surface area contributed by atoms with Crippen molar-refractivity contribution in [3.63, 3.8) is 0 Å². The molecule has 2 aromatic carbocycles. The molecule has 0 fully saturated rings. The minimum Gasteiger partial charge on any atom is -0.508 e. The van der Waals surface area contributed by atoms with E-state index in [0.29, 0.717) is 18.1 Å². The standard InChI is InChI=1S/C12H26O.C6H6O.C6H12O.C6H14O.C6H6/c1-3-5-7-9-11-13-12-10-8-6-4-2;7-6-4-2-1-3-5-6;1-3-4-5-6(2)7;1-2-3-4-5-6-7;1-2-4-6-5-3-1/h3-12H2,1-2H3;1-5,7H;3-5H2,1-2H3;7H,2-6H2,1H3;1-6H. The molecule has 0 spiro atoms. The molecule has 2 N–H and O–H groups in total. The van der Waals surface area contributed by atoms with Crippen LogP contribution >= 0.6 is 0 Å². The average Bonchev–Trinajstić information content (AvgIpc) is 2.98. The molecule has 0 heterocycles. The third kappa shape index (κ3) is 48.8. The quantitative estimate of drug-likeness (QED) is 0.189. The summed E-state index contributed by atoms with van der Waals surface area (Å²) >= 11 is 0. The molecule has 4 heteroatoms. The monoisotopic (exact) mass is 560 g/mol. The number of aliphatic hydroxyl groups is 1. The summed E-state index contributed by atoms with van der Waals surface area (Å²) in [5.41, 5.74) is 0. The van der Waals surface area contributed by atoms with Crippen LogP contribution < -0.4 is 0 Å². The van der Waals surface area contributed by atoms with Gasteiger partial charge in [0.25, 0.3) is 0 Å². The predicted molar refractivity (Wildman–Crippen MR) is 175 cm³/mol. The van der Waals surface area contributed by atoms with Crippen molar-refractivity contribution >= 4 is 5.78 Å². The van der Waals surface area contributed by atoms with Crippen molar-refractivity contribution < 1.29 is 19.7 Å². The number of Topliss-reactive ketones (excluding diaryl/α,β-unsaturated/α-hetero) is 1. The highest BCUT2D eigenvalue weighted by Gasteiger charge is 1.90. The first-order valence-electron chi connectivity index (χ1n) is 15.9. The molecule has 0 atom stereocenters. The highest BCUT2D eigenvalue weighted by atomic mass is 16.5. The van der Waals surface area contributed by atoms with Crippen LogP contribution in [0.25, 0.3) is 0 Å². The van der Waals surface area contributed by atoms with Crippen molar-refractivity contribution in [2.75, 3.05) is 19.8 Å². The van der Waals surface area contributed by atoms with Gasteiger partial charge < -0.3 is 19.7 Å². The van der Waals surface area contributed by atoms with Crippen molar-refractivity contribution in [2.45, 2.75) is 131 Å². The first kappa shape index (κ1) is 42.3.